The lowest BCUT2D eigenvalue weighted by Crippen LogP contribution is -2.20. The Hall–Kier alpha value is -3.45. The molecule has 33 heavy (non-hydrogen) atoms. The average Bonchev–Trinajstić information content (AvgIpc) is 2.84. The van der Waals surface area contributed by atoms with Crippen molar-refractivity contribution in [2.75, 3.05) is 7.11 Å². The first-order valence-corrected chi connectivity index (χ1v) is 11.5. The van der Waals surface area contributed by atoms with E-state index in [1.54, 1.807) is 19.4 Å². The Morgan fingerprint density at radius 1 is 1.09 bits per heavy atom. The second-order valence-corrected chi connectivity index (χ2v) is 8.40. The van der Waals surface area contributed by atoms with Crippen molar-refractivity contribution in [3.8, 4) is 22.9 Å². The number of halogens is 1. The molecule has 4 aromatic rings. The predicted octanol–water partition coefficient (Wildman–Crippen LogP) is 5.89. The zero-order valence-electron chi connectivity index (χ0n) is 18.7. The van der Waals surface area contributed by atoms with Crippen LogP contribution in [0.5, 0.6) is 11.5 Å². The molecule has 0 aliphatic rings. The Morgan fingerprint density at radius 3 is 2.55 bits per heavy atom. The number of hydrogen-bond acceptors (Lipinski definition) is 5. The van der Waals surface area contributed by atoms with Crippen LogP contribution < -0.4 is 15.0 Å². The maximum Gasteiger partial charge on any atom is 0.282 e. The molecule has 0 saturated heterocycles. The second-order valence-electron chi connectivity index (χ2n) is 7.54. The first-order chi connectivity index (χ1) is 16.0. The van der Waals surface area contributed by atoms with E-state index in [0.717, 1.165) is 22.0 Å². The molecule has 0 aliphatic heterocycles. The van der Waals surface area contributed by atoms with Gasteiger partial charge < -0.3 is 9.47 Å². The van der Waals surface area contributed by atoms with Crippen molar-refractivity contribution in [3.63, 3.8) is 0 Å². The minimum atomic E-state index is -0.240. The molecule has 0 N–H and O–H groups in total. The summed E-state index contributed by atoms with van der Waals surface area (Å²) in [7, 11) is 1.60. The largest absolute Gasteiger partial charge is 0.493 e. The fourth-order valence-electron chi connectivity index (χ4n) is 3.33. The zero-order chi connectivity index (χ0) is 23.4. The van der Waals surface area contributed by atoms with Gasteiger partial charge in [0.1, 0.15) is 0 Å². The maximum atomic E-state index is 13.3. The number of hydrogen-bond donors (Lipinski definition) is 0. The summed E-state index contributed by atoms with van der Waals surface area (Å²) in [5.41, 5.74) is 1.92. The lowest BCUT2D eigenvalue weighted by Gasteiger charge is -2.16. The molecule has 0 radical (unpaired) electrons. The van der Waals surface area contributed by atoms with E-state index in [1.165, 1.54) is 4.68 Å². The summed E-state index contributed by atoms with van der Waals surface area (Å²) in [6, 6.07) is 20.5. The molecule has 1 heterocycles. The van der Waals surface area contributed by atoms with Crippen LogP contribution in [0.1, 0.15) is 25.8 Å². The Kier molecular flexibility index (Phi) is 6.89. The number of rotatable bonds is 7. The van der Waals surface area contributed by atoms with E-state index in [9.17, 15) is 4.79 Å². The molecule has 1 atom stereocenters. The normalized spacial score (nSPS) is 12.2. The van der Waals surface area contributed by atoms with Crippen molar-refractivity contribution < 1.29 is 9.47 Å². The second kappa shape index (κ2) is 10.0. The van der Waals surface area contributed by atoms with Gasteiger partial charge in [-0.3, -0.25) is 4.79 Å². The van der Waals surface area contributed by atoms with Gasteiger partial charge >= 0.3 is 0 Å². The van der Waals surface area contributed by atoms with E-state index in [4.69, 9.17) is 14.5 Å². The first kappa shape index (κ1) is 22.7. The topological polar surface area (TPSA) is 65.7 Å². The van der Waals surface area contributed by atoms with Gasteiger partial charge in [-0.15, -0.1) is 0 Å². The minimum Gasteiger partial charge on any atom is -0.493 e. The van der Waals surface area contributed by atoms with Crippen LogP contribution in [0.25, 0.3) is 22.3 Å². The summed E-state index contributed by atoms with van der Waals surface area (Å²) in [5.74, 6) is 1.70. The average molecular weight is 506 g/mol. The van der Waals surface area contributed by atoms with Gasteiger partial charge in [0.05, 0.1) is 30.3 Å². The Labute approximate surface area is 200 Å². The SMILES string of the molecule is CC[C@H](C)Oc1cc(Br)c(C=Nn2c(-c3ccccc3)nc3ccccc3c2=O)cc1OC. The lowest BCUT2D eigenvalue weighted by molar-refractivity contribution is 0.207. The Bertz CT molecular complexity index is 1370. The van der Waals surface area contributed by atoms with Gasteiger partial charge in [0.15, 0.2) is 17.3 Å². The smallest absolute Gasteiger partial charge is 0.282 e. The van der Waals surface area contributed by atoms with Gasteiger partial charge in [0.25, 0.3) is 5.56 Å². The van der Waals surface area contributed by atoms with Crippen LogP contribution in [0.2, 0.25) is 0 Å². The number of benzene rings is 3. The first-order valence-electron chi connectivity index (χ1n) is 10.7. The van der Waals surface area contributed by atoms with Gasteiger partial charge in [0.2, 0.25) is 0 Å². The molecule has 4 rings (SSSR count). The van der Waals surface area contributed by atoms with Crippen LogP contribution in [0.15, 0.2) is 81.1 Å². The molecule has 3 aromatic carbocycles. The van der Waals surface area contributed by atoms with Crippen molar-refractivity contribution in [3.05, 3.63) is 87.1 Å². The molecule has 0 aliphatic carbocycles. The summed E-state index contributed by atoms with van der Waals surface area (Å²) >= 11 is 3.59. The van der Waals surface area contributed by atoms with Crippen molar-refractivity contribution in [2.24, 2.45) is 5.10 Å². The van der Waals surface area contributed by atoms with Crippen molar-refractivity contribution in [1.82, 2.24) is 9.66 Å². The van der Waals surface area contributed by atoms with Crippen LogP contribution in [0.3, 0.4) is 0 Å². The molecule has 0 amide bonds. The maximum absolute atomic E-state index is 13.3. The molecule has 0 bridgehead atoms. The third kappa shape index (κ3) is 4.83. The van der Waals surface area contributed by atoms with E-state index < -0.39 is 0 Å². The predicted molar refractivity (Wildman–Crippen MR) is 136 cm³/mol. The van der Waals surface area contributed by atoms with Crippen LogP contribution in [0.4, 0.5) is 0 Å². The van der Waals surface area contributed by atoms with Gasteiger partial charge in [-0.25, -0.2) is 4.98 Å². The molecule has 0 saturated carbocycles. The molecule has 0 spiro atoms. The number of ether oxygens (including phenoxy) is 2. The zero-order valence-corrected chi connectivity index (χ0v) is 20.2. The Balaban J connectivity index is 1.83. The molecule has 6 nitrogen and oxygen atoms in total. The number of fused-ring (bicyclic) bond motifs is 1. The fraction of sp³-hybridized carbons (Fsp3) is 0.192. The number of aromatic nitrogens is 2. The monoisotopic (exact) mass is 505 g/mol. The fourth-order valence-corrected chi connectivity index (χ4v) is 3.75. The summed E-state index contributed by atoms with van der Waals surface area (Å²) in [4.78, 5) is 18.0. The third-order valence-corrected chi connectivity index (χ3v) is 5.97. The van der Waals surface area contributed by atoms with Gasteiger partial charge in [-0.2, -0.15) is 9.78 Å². The van der Waals surface area contributed by atoms with Gasteiger partial charge in [-0.1, -0.05) is 49.4 Å². The van der Waals surface area contributed by atoms with E-state index in [1.807, 2.05) is 67.6 Å². The summed E-state index contributed by atoms with van der Waals surface area (Å²) < 4.78 is 13.6. The number of para-hydroxylation sites is 1. The van der Waals surface area contributed by atoms with Gasteiger partial charge in [0, 0.05) is 15.6 Å². The third-order valence-electron chi connectivity index (χ3n) is 5.28. The highest BCUT2D eigenvalue weighted by Crippen LogP contribution is 2.34. The van der Waals surface area contributed by atoms with Crippen LogP contribution in [0, 0.1) is 0 Å². The Morgan fingerprint density at radius 2 is 1.82 bits per heavy atom. The summed E-state index contributed by atoms with van der Waals surface area (Å²) in [6.45, 7) is 4.07. The standard InChI is InChI=1S/C26H24BrN3O3/c1-4-17(2)33-24-15-21(27)19(14-23(24)32-3)16-28-30-25(18-10-6-5-7-11-18)29-22-13-9-8-12-20(22)26(30)31/h5-17H,4H2,1-3H3/t17-/m0/s1. The van der Waals surface area contributed by atoms with Gasteiger partial charge in [-0.05, 0) is 53.5 Å². The van der Waals surface area contributed by atoms with Crippen molar-refractivity contribution in [1.29, 1.82) is 0 Å². The summed E-state index contributed by atoms with van der Waals surface area (Å²) in [6.07, 6.45) is 2.55. The molecule has 7 heteroatoms. The number of methoxy groups -OCH3 is 1. The molecule has 168 valence electrons. The molecular weight excluding hydrogens is 482 g/mol. The molecule has 0 fully saturated rings. The highest BCUT2D eigenvalue weighted by Gasteiger charge is 2.14. The quantitative estimate of drug-likeness (QED) is 0.293. The van der Waals surface area contributed by atoms with Crippen LogP contribution in [-0.2, 0) is 0 Å². The van der Waals surface area contributed by atoms with E-state index in [-0.39, 0.29) is 11.7 Å². The minimum absolute atomic E-state index is 0.0565. The molecule has 0 unspecified atom stereocenters. The van der Waals surface area contributed by atoms with E-state index in [2.05, 4.69) is 28.0 Å². The molecular formula is C26H24BrN3O3. The van der Waals surface area contributed by atoms with E-state index in [0.29, 0.717) is 28.2 Å². The van der Waals surface area contributed by atoms with E-state index >= 15 is 0 Å². The van der Waals surface area contributed by atoms with Crippen LogP contribution >= 0.6 is 15.9 Å². The summed E-state index contributed by atoms with van der Waals surface area (Å²) in [5, 5.41) is 5.04. The van der Waals surface area contributed by atoms with Crippen LogP contribution in [-0.4, -0.2) is 29.1 Å². The van der Waals surface area contributed by atoms with Crippen molar-refractivity contribution in [2.45, 2.75) is 26.4 Å². The van der Waals surface area contributed by atoms with Crippen molar-refractivity contribution >= 4 is 33.0 Å². The molecule has 1 aromatic heterocycles. The lowest BCUT2D eigenvalue weighted by atomic mass is 10.2. The number of nitrogens with zero attached hydrogens (tertiary/aromatic N) is 3. The highest BCUT2D eigenvalue weighted by molar-refractivity contribution is 9.10. The highest BCUT2D eigenvalue weighted by atomic mass is 79.9.